The molecule has 0 radical (unpaired) electrons. The lowest BCUT2D eigenvalue weighted by Crippen LogP contribution is -2.45. The van der Waals surface area contributed by atoms with Gasteiger partial charge in [0.15, 0.2) is 0 Å². The molecule has 2 heterocycles. The fraction of sp³-hybridized carbons (Fsp3) is 0.500. The van der Waals surface area contributed by atoms with Crippen molar-refractivity contribution in [2.45, 2.75) is 46.0 Å². The second kappa shape index (κ2) is 7.77. The molecule has 146 valence electrons. The van der Waals surface area contributed by atoms with E-state index in [4.69, 9.17) is 13.9 Å². The number of ether oxygens (including phenoxy) is 2. The highest BCUT2D eigenvalue weighted by molar-refractivity contribution is 5.96. The number of amides is 1. The summed E-state index contributed by atoms with van der Waals surface area (Å²) in [5.41, 5.74) is 3.67. The SMILES string of the molecule is COc1ccc(C)cc1C1(CNC(=O)c2c(C)oc(C)c2C)CCOCC1. The Balaban J connectivity index is 1.90. The quantitative estimate of drug-likeness (QED) is 0.863. The van der Waals surface area contributed by atoms with E-state index in [0.717, 1.165) is 35.5 Å². The van der Waals surface area contributed by atoms with E-state index >= 15 is 0 Å². The maximum absolute atomic E-state index is 12.9. The standard InChI is InChI=1S/C22H29NO4/c1-14-6-7-19(25-5)18(12-14)22(8-10-26-11-9-22)13-23-21(24)20-15(2)16(3)27-17(20)4/h6-7,12H,8-11,13H2,1-5H3,(H,23,24). The second-order valence-electron chi connectivity index (χ2n) is 7.49. The molecule has 0 aliphatic carbocycles. The zero-order valence-corrected chi connectivity index (χ0v) is 16.9. The number of hydrogen-bond donors (Lipinski definition) is 1. The molecule has 1 N–H and O–H groups in total. The van der Waals surface area contributed by atoms with Crippen LogP contribution in [0.15, 0.2) is 22.6 Å². The Hall–Kier alpha value is -2.27. The van der Waals surface area contributed by atoms with Crippen LogP contribution in [0.4, 0.5) is 0 Å². The van der Waals surface area contributed by atoms with E-state index < -0.39 is 0 Å². The summed E-state index contributed by atoms with van der Waals surface area (Å²) in [5, 5.41) is 3.16. The lowest BCUT2D eigenvalue weighted by Gasteiger charge is -2.38. The highest BCUT2D eigenvalue weighted by Crippen LogP contribution is 2.40. The van der Waals surface area contributed by atoms with Crippen molar-refractivity contribution in [3.05, 3.63) is 52.0 Å². The molecule has 1 aliphatic heterocycles. The Morgan fingerprint density at radius 1 is 1.15 bits per heavy atom. The molecule has 0 spiro atoms. The largest absolute Gasteiger partial charge is 0.496 e. The summed E-state index contributed by atoms with van der Waals surface area (Å²) < 4.78 is 16.9. The van der Waals surface area contributed by atoms with E-state index in [9.17, 15) is 4.79 Å². The number of rotatable bonds is 5. The number of methoxy groups -OCH3 is 1. The number of hydrogen-bond acceptors (Lipinski definition) is 4. The van der Waals surface area contributed by atoms with E-state index in [0.29, 0.717) is 31.1 Å². The summed E-state index contributed by atoms with van der Waals surface area (Å²) >= 11 is 0. The molecule has 5 heteroatoms. The first-order valence-corrected chi connectivity index (χ1v) is 9.45. The summed E-state index contributed by atoms with van der Waals surface area (Å²) in [4.78, 5) is 12.9. The van der Waals surface area contributed by atoms with Crippen LogP contribution in [0.3, 0.4) is 0 Å². The van der Waals surface area contributed by atoms with Crippen molar-refractivity contribution in [2.24, 2.45) is 0 Å². The first-order valence-electron chi connectivity index (χ1n) is 9.45. The number of nitrogens with one attached hydrogen (secondary N) is 1. The van der Waals surface area contributed by atoms with Crippen molar-refractivity contribution in [2.75, 3.05) is 26.9 Å². The Morgan fingerprint density at radius 2 is 1.85 bits per heavy atom. The molecule has 0 bridgehead atoms. The lowest BCUT2D eigenvalue weighted by atomic mass is 9.73. The highest BCUT2D eigenvalue weighted by Gasteiger charge is 2.37. The summed E-state index contributed by atoms with van der Waals surface area (Å²) in [6, 6.07) is 6.24. The Kier molecular flexibility index (Phi) is 5.61. The smallest absolute Gasteiger partial charge is 0.255 e. The van der Waals surface area contributed by atoms with Crippen LogP contribution in [-0.2, 0) is 10.2 Å². The minimum absolute atomic E-state index is 0.0839. The number of aryl methyl sites for hydroxylation is 3. The van der Waals surface area contributed by atoms with Gasteiger partial charge >= 0.3 is 0 Å². The lowest BCUT2D eigenvalue weighted by molar-refractivity contribution is 0.0478. The van der Waals surface area contributed by atoms with Crippen molar-refractivity contribution >= 4 is 5.91 Å². The first-order chi connectivity index (χ1) is 12.9. The van der Waals surface area contributed by atoms with Gasteiger partial charge in [-0.25, -0.2) is 0 Å². The van der Waals surface area contributed by atoms with Gasteiger partial charge in [0, 0.05) is 36.3 Å². The minimum Gasteiger partial charge on any atom is -0.496 e. The molecular weight excluding hydrogens is 342 g/mol. The molecule has 1 saturated heterocycles. The highest BCUT2D eigenvalue weighted by atomic mass is 16.5. The molecule has 1 aromatic carbocycles. The number of benzene rings is 1. The first kappa shape index (κ1) is 19.5. The van der Waals surface area contributed by atoms with Gasteiger partial charge in [-0.15, -0.1) is 0 Å². The maximum atomic E-state index is 12.9. The Morgan fingerprint density at radius 3 is 2.44 bits per heavy atom. The van der Waals surface area contributed by atoms with Crippen molar-refractivity contribution in [1.29, 1.82) is 0 Å². The molecule has 0 saturated carbocycles. The van der Waals surface area contributed by atoms with E-state index in [2.05, 4.69) is 24.4 Å². The molecule has 1 amide bonds. The van der Waals surface area contributed by atoms with Crippen molar-refractivity contribution in [3.8, 4) is 5.75 Å². The predicted octanol–water partition coefficient (Wildman–Crippen LogP) is 4.00. The molecule has 2 aromatic rings. The fourth-order valence-corrected chi connectivity index (χ4v) is 4.01. The van der Waals surface area contributed by atoms with E-state index in [-0.39, 0.29) is 11.3 Å². The van der Waals surface area contributed by atoms with Crippen LogP contribution >= 0.6 is 0 Å². The maximum Gasteiger partial charge on any atom is 0.255 e. The molecule has 3 rings (SSSR count). The average molecular weight is 371 g/mol. The third-order valence-electron chi connectivity index (χ3n) is 5.75. The minimum atomic E-state index is -0.203. The average Bonchev–Trinajstić information content (AvgIpc) is 2.92. The predicted molar refractivity (Wildman–Crippen MR) is 105 cm³/mol. The second-order valence-corrected chi connectivity index (χ2v) is 7.49. The van der Waals surface area contributed by atoms with E-state index in [1.54, 1.807) is 7.11 Å². The zero-order chi connectivity index (χ0) is 19.6. The summed E-state index contributed by atoms with van der Waals surface area (Å²) in [5.74, 6) is 2.23. The molecule has 5 nitrogen and oxygen atoms in total. The molecule has 0 unspecified atom stereocenters. The van der Waals surface area contributed by atoms with Crippen LogP contribution in [0.25, 0.3) is 0 Å². The van der Waals surface area contributed by atoms with Gasteiger partial charge in [0.05, 0.1) is 12.7 Å². The normalized spacial score (nSPS) is 16.2. The molecular formula is C22H29NO4. The van der Waals surface area contributed by atoms with Gasteiger partial charge in [-0.2, -0.15) is 0 Å². The number of carbonyl (C=O) groups excluding carboxylic acids is 1. The third kappa shape index (κ3) is 3.74. The molecule has 0 atom stereocenters. The molecule has 1 aromatic heterocycles. The van der Waals surface area contributed by atoms with Crippen molar-refractivity contribution in [1.82, 2.24) is 5.32 Å². The van der Waals surface area contributed by atoms with Gasteiger partial charge in [0.2, 0.25) is 0 Å². The van der Waals surface area contributed by atoms with Gasteiger partial charge in [-0.05, 0) is 46.6 Å². The summed E-state index contributed by atoms with van der Waals surface area (Å²) in [6.45, 7) is 9.62. The van der Waals surface area contributed by atoms with Crippen LogP contribution in [0.2, 0.25) is 0 Å². The van der Waals surface area contributed by atoms with Gasteiger partial charge < -0.3 is 19.2 Å². The fourth-order valence-electron chi connectivity index (χ4n) is 4.01. The Labute approximate surface area is 161 Å². The Bertz CT molecular complexity index is 831. The van der Waals surface area contributed by atoms with E-state index in [1.165, 1.54) is 5.56 Å². The summed E-state index contributed by atoms with van der Waals surface area (Å²) in [6.07, 6.45) is 1.69. The molecule has 1 fully saturated rings. The number of furan rings is 1. The van der Waals surface area contributed by atoms with Crippen LogP contribution in [-0.4, -0.2) is 32.8 Å². The van der Waals surface area contributed by atoms with Crippen LogP contribution in [0.5, 0.6) is 5.75 Å². The van der Waals surface area contributed by atoms with Gasteiger partial charge in [0.25, 0.3) is 5.91 Å². The van der Waals surface area contributed by atoms with Gasteiger partial charge in [-0.1, -0.05) is 17.7 Å². The molecule has 1 aliphatic rings. The van der Waals surface area contributed by atoms with Crippen LogP contribution in [0.1, 0.15) is 51.4 Å². The topological polar surface area (TPSA) is 60.7 Å². The van der Waals surface area contributed by atoms with Crippen LogP contribution in [0, 0.1) is 27.7 Å². The van der Waals surface area contributed by atoms with Crippen LogP contribution < -0.4 is 10.1 Å². The van der Waals surface area contributed by atoms with E-state index in [1.807, 2.05) is 26.8 Å². The summed E-state index contributed by atoms with van der Waals surface area (Å²) in [7, 11) is 1.70. The third-order valence-corrected chi connectivity index (χ3v) is 5.75. The number of carbonyl (C=O) groups is 1. The van der Waals surface area contributed by atoms with Gasteiger partial charge in [-0.3, -0.25) is 4.79 Å². The molecule has 27 heavy (non-hydrogen) atoms. The van der Waals surface area contributed by atoms with Crippen molar-refractivity contribution < 1.29 is 18.7 Å². The zero-order valence-electron chi connectivity index (χ0n) is 16.9. The monoisotopic (exact) mass is 371 g/mol. The van der Waals surface area contributed by atoms with Crippen molar-refractivity contribution in [3.63, 3.8) is 0 Å². The van der Waals surface area contributed by atoms with Gasteiger partial charge in [0.1, 0.15) is 17.3 Å².